The van der Waals surface area contributed by atoms with Gasteiger partial charge in [-0.1, -0.05) is 6.07 Å². The monoisotopic (exact) mass is 177 g/mol. The lowest BCUT2D eigenvalue weighted by Crippen LogP contribution is -2.16. The van der Waals surface area contributed by atoms with Crippen LogP contribution in [0.3, 0.4) is 0 Å². The summed E-state index contributed by atoms with van der Waals surface area (Å²) < 4.78 is 5.43. The van der Waals surface area contributed by atoms with Crippen molar-refractivity contribution in [1.29, 1.82) is 0 Å². The summed E-state index contributed by atoms with van der Waals surface area (Å²) in [7, 11) is 1.82. The van der Waals surface area contributed by atoms with E-state index in [0.717, 1.165) is 5.69 Å². The minimum Gasteiger partial charge on any atom is -0.490 e. The molecule has 0 fully saturated rings. The van der Waals surface area contributed by atoms with Crippen molar-refractivity contribution in [2.45, 2.75) is 6.42 Å². The second kappa shape index (κ2) is 3.09. The van der Waals surface area contributed by atoms with Crippen LogP contribution in [-0.4, -0.2) is 19.4 Å². The first-order valence-electron chi connectivity index (χ1n) is 4.29. The zero-order valence-corrected chi connectivity index (χ0v) is 7.46. The van der Waals surface area contributed by atoms with Gasteiger partial charge in [0.2, 0.25) is 0 Å². The first-order chi connectivity index (χ1) is 6.33. The molecular formula is C10H11NO2. The van der Waals surface area contributed by atoms with Crippen LogP contribution in [0.15, 0.2) is 18.2 Å². The van der Waals surface area contributed by atoms with Crippen molar-refractivity contribution < 1.29 is 9.53 Å². The molecule has 0 atom stereocenters. The van der Waals surface area contributed by atoms with Crippen molar-refractivity contribution in [2.24, 2.45) is 0 Å². The van der Waals surface area contributed by atoms with Crippen molar-refractivity contribution in [3.63, 3.8) is 0 Å². The molecule has 1 heterocycles. The predicted molar refractivity (Wildman–Crippen MR) is 50.4 cm³/mol. The SMILES string of the molecule is CNc1cccc2c1OCCC2=O. The van der Waals surface area contributed by atoms with Crippen LogP contribution < -0.4 is 10.1 Å². The molecule has 0 radical (unpaired) electrons. The number of carbonyl (C=O) groups excluding carboxylic acids is 1. The number of para-hydroxylation sites is 1. The van der Waals surface area contributed by atoms with E-state index in [4.69, 9.17) is 4.74 Å². The summed E-state index contributed by atoms with van der Waals surface area (Å²) in [5, 5.41) is 3.00. The molecule has 1 N–H and O–H groups in total. The number of anilines is 1. The van der Waals surface area contributed by atoms with Gasteiger partial charge in [-0.25, -0.2) is 0 Å². The summed E-state index contributed by atoms with van der Waals surface area (Å²) in [6.07, 6.45) is 0.486. The van der Waals surface area contributed by atoms with Crippen LogP contribution in [0.25, 0.3) is 0 Å². The van der Waals surface area contributed by atoms with Crippen molar-refractivity contribution in [1.82, 2.24) is 0 Å². The molecule has 68 valence electrons. The molecule has 0 unspecified atom stereocenters. The summed E-state index contributed by atoms with van der Waals surface area (Å²) in [6.45, 7) is 0.491. The number of fused-ring (bicyclic) bond motifs is 1. The van der Waals surface area contributed by atoms with E-state index in [0.29, 0.717) is 24.3 Å². The molecule has 0 amide bonds. The molecule has 1 aliphatic rings. The molecule has 0 aromatic heterocycles. The van der Waals surface area contributed by atoms with Gasteiger partial charge in [0.25, 0.3) is 0 Å². The van der Waals surface area contributed by atoms with Gasteiger partial charge < -0.3 is 10.1 Å². The molecule has 0 bridgehead atoms. The Balaban J connectivity index is 2.54. The topological polar surface area (TPSA) is 38.3 Å². The molecule has 0 spiro atoms. The number of Topliss-reactive ketones (excluding diaryl/α,β-unsaturated/α-hetero) is 1. The standard InChI is InChI=1S/C10H11NO2/c1-11-8-4-2-3-7-9(12)5-6-13-10(7)8/h2-4,11H,5-6H2,1H3. The van der Waals surface area contributed by atoms with E-state index in [2.05, 4.69) is 5.32 Å². The van der Waals surface area contributed by atoms with E-state index in [-0.39, 0.29) is 5.78 Å². The highest BCUT2D eigenvalue weighted by Gasteiger charge is 2.20. The largest absolute Gasteiger partial charge is 0.490 e. The molecule has 3 nitrogen and oxygen atoms in total. The lowest BCUT2D eigenvalue weighted by atomic mass is 10.0. The van der Waals surface area contributed by atoms with Gasteiger partial charge in [0.15, 0.2) is 11.5 Å². The van der Waals surface area contributed by atoms with Gasteiger partial charge in [-0.05, 0) is 12.1 Å². The number of benzene rings is 1. The van der Waals surface area contributed by atoms with Gasteiger partial charge in [0, 0.05) is 13.5 Å². The van der Waals surface area contributed by atoms with Crippen LogP contribution in [0, 0.1) is 0 Å². The lowest BCUT2D eigenvalue weighted by Gasteiger charge is -2.18. The van der Waals surface area contributed by atoms with Crippen LogP contribution in [0.2, 0.25) is 0 Å². The number of hydrogen-bond acceptors (Lipinski definition) is 3. The summed E-state index contributed by atoms with van der Waals surface area (Å²) in [4.78, 5) is 11.4. The Morgan fingerprint density at radius 2 is 2.31 bits per heavy atom. The number of carbonyl (C=O) groups is 1. The predicted octanol–water partition coefficient (Wildman–Crippen LogP) is 1.69. The van der Waals surface area contributed by atoms with Crippen molar-refractivity contribution in [3.05, 3.63) is 23.8 Å². The van der Waals surface area contributed by atoms with Gasteiger partial charge in [-0.3, -0.25) is 4.79 Å². The fourth-order valence-electron chi connectivity index (χ4n) is 1.49. The molecule has 1 aliphatic heterocycles. The smallest absolute Gasteiger partial charge is 0.170 e. The third kappa shape index (κ3) is 1.26. The van der Waals surface area contributed by atoms with Crippen molar-refractivity contribution >= 4 is 11.5 Å². The van der Waals surface area contributed by atoms with E-state index in [1.54, 1.807) is 6.07 Å². The van der Waals surface area contributed by atoms with E-state index < -0.39 is 0 Å². The fraction of sp³-hybridized carbons (Fsp3) is 0.300. The van der Waals surface area contributed by atoms with Gasteiger partial charge in [-0.15, -0.1) is 0 Å². The van der Waals surface area contributed by atoms with Crippen LogP contribution in [-0.2, 0) is 0 Å². The molecular weight excluding hydrogens is 166 g/mol. The third-order valence-corrected chi connectivity index (χ3v) is 2.16. The maximum atomic E-state index is 11.4. The first-order valence-corrected chi connectivity index (χ1v) is 4.29. The van der Waals surface area contributed by atoms with Crippen LogP contribution in [0.4, 0.5) is 5.69 Å². The Morgan fingerprint density at radius 1 is 1.46 bits per heavy atom. The van der Waals surface area contributed by atoms with E-state index in [1.807, 2.05) is 19.2 Å². The highest BCUT2D eigenvalue weighted by Crippen LogP contribution is 2.32. The minimum absolute atomic E-state index is 0.165. The number of rotatable bonds is 1. The second-order valence-electron chi connectivity index (χ2n) is 2.95. The van der Waals surface area contributed by atoms with E-state index in [1.165, 1.54) is 0 Å². The zero-order valence-electron chi connectivity index (χ0n) is 7.46. The average Bonchev–Trinajstić information content (AvgIpc) is 2.18. The van der Waals surface area contributed by atoms with E-state index in [9.17, 15) is 4.79 Å². The number of hydrogen-bond donors (Lipinski definition) is 1. The van der Waals surface area contributed by atoms with Crippen molar-refractivity contribution in [2.75, 3.05) is 19.0 Å². The Morgan fingerprint density at radius 3 is 3.08 bits per heavy atom. The maximum Gasteiger partial charge on any atom is 0.170 e. The molecule has 3 heteroatoms. The van der Waals surface area contributed by atoms with Crippen molar-refractivity contribution in [3.8, 4) is 5.75 Å². The molecule has 0 saturated carbocycles. The highest BCUT2D eigenvalue weighted by atomic mass is 16.5. The summed E-state index contributed by atoms with van der Waals surface area (Å²) in [5.74, 6) is 0.861. The Hall–Kier alpha value is -1.51. The van der Waals surface area contributed by atoms with Gasteiger partial charge in [0.1, 0.15) is 0 Å². The van der Waals surface area contributed by atoms with Gasteiger partial charge >= 0.3 is 0 Å². The van der Waals surface area contributed by atoms with Gasteiger partial charge in [0.05, 0.1) is 17.9 Å². The Kier molecular flexibility index (Phi) is 1.93. The maximum absolute atomic E-state index is 11.4. The molecule has 1 aromatic rings. The summed E-state index contributed by atoms with van der Waals surface area (Å²) in [6, 6.07) is 5.56. The highest BCUT2D eigenvalue weighted by molar-refractivity contribution is 6.01. The van der Waals surface area contributed by atoms with Crippen LogP contribution in [0.5, 0.6) is 5.75 Å². The van der Waals surface area contributed by atoms with Crippen LogP contribution >= 0.6 is 0 Å². The molecule has 1 aromatic carbocycles. The molecule has 13 heavy (non-hydrogen) atoms. The lowest BCUT2D eigenvalue weighted by molar-refractivity contribution is 0.0934. The first kappa shape index (κ1) is 8.10. The molecule has 0 saturated heterocycles. The summed E-state index contributed by atoms with van der Waals surface area (Å²) in [5.41, 5.74) is 1.57. The molecule has 0 aliphatic carbocycles. The number of nitrogens with one attached hydrogen (secondary N) is 1. The summed E-state index contributed by atoms with van der Waals surface area (Å²) >= 11 is 0. The quantitative estimate of drug-likeness (QED) is 0.709. The zero-order chi connectivity index (χ0) is 9.26. The van der Waals surface area contributed by atoms with Crippen LogP contribution in [0.1, 0.15) is 16.8 Å². The van der Waals surface area contributed by atoms with Gasteiger partial charge in [-0.2, -0.15) is 0 Å². The fourth-order valence-corrected chi connectivity index (χ4v) is 1.49. The molecule has 2 rings (SSSR count). The second-order valence-corrected chi connectivity index (χ2v) is 2.95. The Labute approximate surface area is 76.7 Å². The minimum atomic E-state index is 0.165. The third-order valence-electron chi connectivity index (χ3n) is 2.16. The Bertz CT molecular complexity index is 347. The van der Waals surface area contributed by atoms with E-state index >= 15 is 0 Å². The number of ether oxygens (including phenoxy) is 1. The average molecular weight is 177 g/mol. The normalized spacial score (nSPS) is 14.7. The number of ketones is 1.